The zero-order chi connectivity index (χ0) is 15.6. The Morgan fingerprint density at radius 2 is 2.00 bits per heavy atom. The lowest BCUT2D eigenvalue weighted by molar-refractivity contribution is -0.119. The Kier molecular flexibility index (Phi) is 4.63. The van der Waals surface area contributed by atoms with E-state index in [0.29, 0.717) is 6.54 Å². The van der Waals surface area contributed by atoms with Crippen LogP contribution in [0.1, 0.15) is 23.7 Å². The second-order valence-corrected chi connectivity index (χ2v) is 5.98. The number of carbonyl (C=O) groups excluding carboxylic acids is 1. The van der Waals surface area contributed by atoms with Crippen molar-refractivity contribution >= 4 is 22.9 Å². The summed E-state index contributed by atoms with van der Waals surface area (Å²) in [5.74, 6) is -0.0604. The van der Waals surface area contributed by atoms with Crippen molar-refractivity contribution in [1.82, 2.24) is 4.57 Å². The number of likely N-dealkylation sites (N-methyl/N-ethyl adjacent to an activating group) is 1. The molecular formula is C16H20N2O2S. The lowest BCUT2D eigenvalue weighted by Gasteiger charge is -2.23. The Balaban J connectivity index is 2.31. The van der Waals surface area contributed by atoms with Crippen LogP contribution < -0.4 is 9.77 Å². The van der Waals surface area contributed by atoms with Crippen LogP contribution in [0.2, 0.25) is 0 Å². The molecule has 1 amide bonds. The number of amides is 1. The van der Waals surface area contributed by atoms with Gasteiger partial charge in [-0.3, -0.25) is 14.2 Å². The van der Waals surface area contributed by atoms with Crippen LogP contribution in [0.4, 0.5) is 5.69 Å². The van der Waals surface area contributed by atoms with Crippen molar-refractivity contribution in [2.45, 2.75) is 34.2 Å². The fourth-order valence-corrected chi connectivity index (χ4v) is 3.04. The standard InChI is InChI=1S/C16H20N2O2S/c1-5-17(14-8-11(2)6-7-12(14)3)15(19)9-18-13(4)10-21-16(18)20/h6-8,10H,5,9H2,1-4H3. The van der Waals surface area contributed by atoms with Gasteiger partial charge in [-0.2, -0.15) is 0 Å². The van der Waals surface area contributed by atoms with Crippen LogP contribution in [0.15, 0.2) is 28.4 Å². The predicted octanol–water partition coefficient (Wildman–Crippen LogP) is 2.89. The van der Waals surface area contributed by atoms with E-state index in [2.05, 4.69) is 0 Å². The molecule has 112 valence electrons. The third-order valence-corrected chi connectivity index (χ3v) is 4.42. The number of anilines is 1. The third kappa shape index (κ3) is 3.24. The van der Waals surface area contributed by atoms with Crippen LogP contribution in [0.25, 0.3) is 0 Å². The number of hydrogen-bond donors (Lipinski definition) is 0. The molecule has 21 heavy (non-hydrogen) atoms. The first-order valence-electron chi connectivity index (χ1n) is 6.96. The summed E-state index contributed by atoms with van der Waals surface area (Å²) >= 11 is 1.13. The quantitative estimate of drug-likeness (QED) is 0.871. The van der Waals surface area contributed by atoms with Crippen LogP contribution >= 0.6 is 11.3 Å². The number of aromatic nitrogens is 1. The monoisotopic (exact) mass is 304 g/mol. The number of thiazole rings is 1. The fourth-order valence-electron chi connectivity index (χ4n) is 2.31. The van der Waals surface area contributed by atoms with Crippen molar-refractivity contribution in [3.63, 3.8) is 0 Å². The van der Waals surface area contributed by atoms with Crippen LogP contribution in [0, 0.1) is 20.8 Å². The van der Waals surface area contributed by atoms with Crippen LogP contribution in [-0.4, -0.2) is 17.0 Å². The molecule has 0 bridgehead atoms. The van der Waals surface area contributed by atoms with Crippen LogP contribution in [0.3, 0.4) is 0 Å². The van der Waals surface area contributed by atoms with E-state index in [-0.39, 0.29) is 17.3 Å². The van der Waals surface area contributed by atoms with Gasteiger partial charge in [-0.1, -0.05) is 23.5 Å². The first kappa shape index (κ1) is 15.5. The molecule has 0 fully saturated rings. The Bertz CT molecular complexity index is 715. The highest BCUT2D eigenvalue weighted by Gasteiger charge is 2.18. The molecule has 0 unspecified atom stereocenters. The van der Waals surface area contributed by atoms with E-state index in [1.54, 1.807) is 10.3 Å². The van der Waals surface area contributed by atoms with Gasteiger partial charge in [0, 0.05) is 23.3 Å². The molecule has 0 saturated heterocycles. The first-order valence-corrected chi connectivity index (χ1v) is 7.84. The summed E-state index contributed by atoms with van der Waals surface area (Å²) in [4.78, 5) is 26.0. The van der Waals surface area contributed by atoms with Crippen molar-refractivity contribution in [3.8, 4) is 0 Å². The topological polar surface area (TPSA) is 42.3 Å². The van der Waals surface area contributed by atoms with Gasteiger partial charge in [0.05, 0.1) is 0 Å². The summed E-state index contributed by atoms with van der Waals surface area (Å²) in [6.07, 6.45) is 0. The Morgan fingerprint density at radius 1 is 1.29 bits per heavy atom. The molecule has 1 aromatic carbocycles. The average molecular weight is 304 g/mol. The van der Waals surface area contributed by atoms with Gasteiger partial charge in [0.2, 0.25) is 5.91 Å². The average Bonchev–Trinajstić information content (AvgIpc) is 2.75. The molecule has 0 N–H and O–H groups in total. The Labute approximate surface area is 128 Å². The second-order valence-electron chi connectivity index (χ2n) is 5.16. The number of hydrogen-bond acceptors (Lipinski definition) is 3. The third-order valence-electron chi connectivity index (χ3n) is 3.54. The van der Waals surface area contributed by atoms with Gasteiger partial charge >= 0.3 is 4.87 Å². The maximum absolute atomic E-state index is 12.6. The summed E-state index contributed by atoms with van der Waals surface area (Å²) in [7, 11) is 0. The van der Waals surface area contributed by atoms with Crippen molar-refractivity contribution in [1.29, 1.82) is 0 Å². The highest BCUT2D eigenvalue weighted by Crippen LogP contribution is 2.22. The molecular weight excluding hydrogens is 284 g/mol. The molecule has 0 aliphatic rings. The number of benzene rings is 1. The zero-order valence-corrected chi connectivity index (χ0v) is 13.7. The molecule has 0 aliphatic carbocycles. The largest absolute Gasteiger partial charge is 0.311 e. The van der Waals surface area contributed by atoms with Gasteiger partial charge in [0.1, 0.15) is 6.54 Å². The molecule has 2 aromatic rings. The maximum Gasteiger partial charge on any atom is 0.307 e. The summed E-state index contributed by atoms with van der Waals surface area (Å²) in [5, 5.41) is 1.78. The molecule has 0 radical (unpaired) electrons. The molecule has 2 rings (SSSR count). The lowest BCUT2D eigenvalue weighted by Crippen LogP contribution is -2.36. The second kappa shape index (κ2) is 6.26. The minimum Gasteiger partial charge on any atom is -0.311 e. The molecule has 0 saturated carbocycles. The number of nitrogens with zero attached hydrogens (tertiary/aromatic N) is 2. The first-order chi connectivity index (χ1) is 9.93. The Morgan fingerprint density at radius 3 is 2.57 bits per heavy atom. The van der Waals surface area contributed by atoms with Gasteiger partial charge in [-0.05, 0) is 44.9 Å². The number of carbonyl (C=O) groups is 1. The van der Waals surface area contributed by atoms with E-state index >= 15 is 0 Å². The molecule has 1 heterocycles. The molecule has 0 spiro atoms. The molecule has 4 nitrogen and oxygen atoms in total. The summed E-state index contributed by atoms with van der Waals surface area (Å²) in [6, 6.07) is 6.06. The van der Waals surface area contributed by atoms with Gasteiger partial charge in [-0.15, -0.1) is 0 Å². The normalized spacial score (nSPS) is 10.7. The van der Waals surface area contributed by atoms with Crippen molar-refractivity contribution in [3.05, 3.63) is 50.1 Å². The summed E-state index contributed by atoms with van der Waals surface area (Å²) in [5.41, 5.74) is 3.93. The summed E-state index contributed by atoms with van der Waals surface area (Å²) in [6.45, 7) is 8.47. The van der Waals surface area contributed by atoms with E-state index in [4.69, 9.17) is 0 Å². The van der Waals surface area contributed by atoms with Gasteiger partial charge in [0.15, 0.2) is 0 Å². The van der Waals surface area contributed by atoms with Crippen LogP contribution in [0.5, 0.6) is 0 Å². The van der Waals surface area contributed by atoms with Gasteiger partial charge < -0.3 is 4.90 Å². The van der Waals surface area contributed by atoms with E-state index in [9.17, 15) is 9.59 Å². The SMILES string of the molecule is CCN(C(=O)Cn1c(C)csc1=O)c1cc(C)ccc1C. The van der Waals surface area contributed by atoms with Crippen molar-refractivity contribution in [2.24, 2.45) is 0 Å². The van der Waals surface area contributed by atoms with Gasteiger partial charge in [-0.25, -0.2) is 0 Å². The number of aryl methyl sites for hydroxylation is 3. The fraction of sp³-hybridized carbons (Fsp3) is 0.375. The van der Waals surface area contributed by atoms with E-state index in [0.717, 1.165) is 33.8 Å². The van der Waals surface area contributed by atoms with Crippen molar-refractivity contribution in [2.75, 3.05) is 11.4 Å². The lowest BCUT2D eigenvalue weighted by atomic mass is 10.1. The maximum atomic E-state index is 12.6. The highest BCUT2D eigenvalue weighted by molar-refractivity contribution is 7.07. The Hall–Kier alpha value is -1.88. The number of rotatable bonds is 4. The van der Waals surface area contributed by atoms with Gasteiger partial charge in [0.25, 0.3) is 0 Å². The molecule has 5 heteroatoms. The minimum atomic E-state index is -0.0853. The predicted molar refractivity (Wildman–Crippen MR) is 87.3 cm³/mol. The smallest absolute Gasteiger partial charge is 0.307 e. The van der Waals surface area contributed by atoms with Crippen molar-refractivity contribution < 1.29 is 4.79 Å². The summed E-state index contributed by atoms with van der Waals surface area (Å²) < 4.78 is 1.53. The van der Waals surface area contributed by atoms with E-state index in [1.165, 1.54) is 4.57 Å². The van der Waals surface area contributed by atoms with Crippen LogP contribution in [-0.2, 0) is 11.3 Å². The van der Waals surface area contributed by atoms with E-state index < -0.39 is 0 Å². The molecule has 0 aliphatic heterocycles. The molecule has 0 atom stereocenters. The minimum absolute atomic E-state index is 0.0604. The van der Waals surface area contributed by atoms with E-state index in [1.807, 2.05) is 45.9 Å². The molecule has 1 aromatic heterocycles. The highest BCUT2D eigenvalue weighted by atomic mass is 32.1. The zero-order valence-electron chi connectivity index (χ0n) is 12.8.